The molecule has 1 N–H and O–H groups in total. The molecule has 0 aliphatic rings. The third kappa shape index (κ3) is 7.29. The molecular weight excluding hydrogens is 546 g/mol. The molecule has 0 unspecified atom stereocenters. The number of rotatable bonds is 13. The van der Waals surface area contributed by atoms with Crippen LogP contribution < -0.4 is 23.8 Å². The van der Waals surface area contributed by atoms with Crippen LogP contribution in [0.3, 0.4) is 0 Å². The van der Waals surface area contributed by atoms with E-state index in [1.807, 2.05) is 6.92 Å². The van der Waals surface area contributed by atoms with E-state index in [-0.39, 0.29) is 23.0 Å². The van der Waals surface area contributed by atoms with Gasteiger partial charge >= 0.3 is 0 Å². The second-order valence-corrected chi connectivity index (χ2v) is 11.1. The van der Waals surface area contributed by atoms with Gasteiger partial charge in [0.15, 0.2) is 11.5 Å². The molecule has 0 bridgehead atoms. The predicted octanol–water partition coefficient (Wildman–Crippen LogP) is 3.77. The van der Waals surface area contributed by atoms with Gasteiger partial charge in [-0.3, -0.25) is 13.9 Å². The van der Waals surface area contributed by atoms with Crippen molar-refractivity contribution in [2.45, 2.75) is 37.8 Å². The van der Waals surface area contributed by atoms with Gasteiger partial charge in [-0.1, -0.05) is 36.8 Å². The Labute approximate surface area is 241 Å². The fourth-order valence-electron chi connectivity index (χ4n) is 4.36. The van der Waals surface area contributed by atoms with E-state index in [2.05, 4.69) is 5.32 Å². The van der Waals surface area contributed by atoms with Crippen molar-refractivity contribution in [1.82, 2.24) is 10.2 Å². The van der Waals surface area contributed by atoms with Crippen LogP contribution in [0.4, 0.5) is 5.69 Å². The van der Waals surface area contributed by atoms with Crippen LogP contribution in [0.2, 0.25) is 0 Å². The molecule has 0 saturated carbocycles. The largest absolute Gasteiger partial charge is 0.497 e. The molecule has 10 nitrogen and oxygen atoms in total. The van der Waals surface area contributed by atoms with Crippen LogP contribution in [0.25, 0.3) is 0 Å². The Morgan fingerprint density at radius 1 is 0.878 bits per heavy atom. The molecule has 11 heteroatoms. The van der Waals surface area contributed by atoms with E-state index in [4.69, 9.17) is 14.2 Å². The summed E-state index contributed by atoms with van der Waals surface area (Å²) in [5.41, 5.74) is 1.84. The molecule has 220 valence electrons. The SMILES string of the molecule is CC[C@@H](C(=O)NC)N(Cc1ccc(OC)cc1)C(=O)CN(c1ccc(OC)c(OC)c1)S(=O)(=O)c1ccc(C)cc1. The number of carbonyl (C=O) groups excluding carboxylic acids is 2. The summed E-state index contributed by atoms with van der Waals surface area (Å²) in [5, 5.41) is 2.61. The molecule has 0 spiro atoms. The van der Waals surface area contributed by atoms with Gasteiger partial charge in [0.25, 0.3) is 10.0 Å². The summed E-state index contributed by atoms with van der Waals surface area (Å²) < 4.78 is 45.0. The zero-order chi connectivity index (χ0) is 30.2. The monoisotopic (exact) mass is 583 g/mol. The number of anilines is 1. The molecule has 0 saturated heterocycles. The second kappa shape index (κ2) is 13.9. The average Bonchev–Trinajstić information content (AvgIpc) is 2.99. The Hall–Kier alpha value is -4.25. The summed E-state index contributed by atoms with van der Waals surface area (Å²) in [6, 6.07) is 17.3. The van der Waals surface area contributed by atoms with Gasteiger partial charge < -0.3 is 24.4 Å². The van der Waals surface area contributed by atoms with Crippen molar-refractivity contribution in [3.63, 3.8) is 0 Å². The minimum atomic E-state index is -4.21. The van der Waals surface area contributed by atoms with Gasteiger partial charge in [-0.15, -0.1) is 0 Å². The van der Waals surface area contributed by atoms with E-state index in [0.29, 0.717) is 23.7 Å². The standard InChI is InChI=1S/C30H37N3O7S/c1-7-26(30(35)31-3)32(19-22-10-13-24(38-4)14-11-22)29(34)20-33(23-12-17-27(39-5)28(18-23)40-6)41(36,37)25-15-8-21(2)9-16-25/h8-18,26H,7,19-20H2,1-6H3,(H,31,35)/t26-/m0/s1. The molecule has 0 aromatic heterocycles. The van der Waals surface area contributed by atoms with Crippen molar-refractivity contribution in [3.8, 4) is 17.2 Å². The van der Waals surface area contributed by atoms with Crippen molar-refractivity contribution in [1.29, 1.82) is 0 Å². The molecule has 3 rings (SSSR count). The first-order valence-electron chi connectivity index (χ1n) is 13.0. The van der Waals surface area contributed by atoms with Gasteiger partial charge in [0, 0.05) is 19.7 Å². The molecule has 0 heterocycles. The Kier molecular flexibility index (Phi) is 10.6. The number of ether oxygens (including phenoxy) is 3. The van der Waals surface area contributed by atoms with Crippen LogP contribution in [-0.4, -0.2) is 66.1 Å². The summed E-state index contributed by atoms with van der Waals surface area (Å²) in [4.78, 5) is 28.3. The van der Waals surface area contributed by atoms with Gasteiger partial charge in [0.05, 0.1) is 31.9 Å². The van der Waals surface area contributed by atoms with Crippen LogP contribution in [0.15, 0.2) is 71.6 Å². The van der Waals surface area contributed by atoms with Crippen LogP contribution in [0.1, 0.15) is 24.5 Å². The van der Waals surface area contributed by atoms with Crippen molar-refractivity contribution in [3.05, 3.63) is 77.9 Å². The number of hydrogen-bond donors (Lipinski definition) is 1. The molecule has 41 heavy (non-hydrogen) atoms. The smallest absolute Gasteiger partial charge is 0.264 e. The Morgan fingerprint density at radius 2 is 1.51 bits per heavy atom. The lowest BCUT2D eigenvalue weighted by atomic mass is 10.1. The number of hydrogen-bond acceptors (Lipinski definition) is 7. The summed E-state index contributed by atoms with van der Waals surface area (Å²) in [7, 11) is 1.76. The minimum Gasteiger partial charge on any atom is -0.497 e. The number of benzene rings is 3. The third-order valence-corrected chi connectivity index (χ3v) is 8.48. The van der Waals surface area contributed by atoms with Crippen molar-refractivity contribution < 1.29 is 32.2 Å². The van der Waals surface area contributed by atoms with E-state index in [9.17, 15) is 18.0 Å². The zero-order valence-electron chi connectivity index (χ0n) is 24.2. The normalized spacial score (nSPS) is 11.8. The number of amides is 2. The van der Waals surface area contributed by atoms with E-state index < -0.39 is 28.5 Å². The molecular formula is C30H37N3O7S. The molecule has 0 aliphatic heterocycles. The van der Waals surface area contributed by atoms with Gasteiger partial charge in [-0.2, -0.15) is 0 Å². The topological polar surface area (TPSA) is 114 Å². The molecule has 0 radical (unpaired) electrons. The highest BCUT2D eigenvalue weighted by atomic mass is 32.2. The first-order valence-corrected chi connectivity index (χ1v) is 14.5. The summed E-state index contributed by atoms with van der Waals surface area (Å²) >= 11 is 0. The van der Waals surface area contributed by atoms with Crippen molar-refractivity contribution >= 4 is 27.5 Å². The van der Waals surface area contributed by atoms with Gasteiger partial charge in [-0.05, 0) is 55.3 Å². The fraction of sp³-hybridized carbons (Fsp3) is 0.333. The number of aryl methyl sites for hydroxylation is 1. The third-order valence-electron chi connectivity index (χ3n) is 6.69. The van der Waals surface area contributed by atoms with E-state index >= 15 is 0 Å². The number of likely N-dealkylation sites (N-methyl/N-ethyl adjacent to an activating group) is 1. The Balaban J connectivity index is 2.10. The molecule has 3 aromatic rings. The van der Waals surface area contributed by atoms with Gasteiger partial charge in [-0.25, -0.2) is 8.42 Å². The van der Waals surface area contributed by atoms with E-state index in [1.165, 1.54) is 44.4 Å². The first kappa shape index (κ1) is 31.3. The molecule has 1 atom stereocenters. The van der Waals surface area contributed by atoms with Crippen molar-refractivity contribution in [2.24, 2.45) is 0 Å². The lowest BCUT2D eigenvalue weighted by Crippen LogP contribution is -2.51. The highest BCUT2D eigenvalue weighted by molar-refractivity contribution is 7.92. The lowest BCUT2D eigenvalue weighted by molar-refractivity contribution is -0.140. The maximum Gasteiger partial charge on any atom is 0.264 e. The molecule has 0 fully saturated rings. The molecule has 2 amide bonds. The summed E-state index contributed by atoms with van der Waals surface area (Å²) in [6.07, 6.45) is 0.322. The average molecular weight is 584 g/mol. The number of carbonyl (C=O) groups is 2. The maximum absolute atomic E-state index is 14.0. The summed E-state index contributed by atoms with van der Waals surface area (Å²) in [5.74, 6) is 0.444. The Bertz CT molecular complexity index is 1440. The number of sulfonamides is 1. The van der Waals surface area contributed by atoms with E-state index in [1.54, 1.807) is 62.6 Å². The summed E-state index contributed by atoms with van der Waals surface area (Å²) in [6.45, 7) is 3.17. The van der Waals surface area contributed by atoms with E-state index in [0.717, 1.165) is 15.4 Å². The molecule has 0 aliphatic carbocycles. The highest BCUT2D eigenvalue weighted by Gasteiger charge is 2.33. The van der Waals surface area contributed by atoms with Crippen LogP contribution in [0, 0.1) is 6.92 Å². The van der Waals surface area contributed by atoms with Crippen LogP contribution in [0.5, 0.6) is 17.2 Å². The van der Waals surface area contributed by atoms with Crippen LogP contribution in [-0.2, 0) is 26.2 Å². The molecule has 3 aromatic carbocycles. The van der Waals surface area contributed by atoms with Gasteiger partial charge in [0.1, 0.15) is 18.3 Å². The Morgan fingerprint density at radius 3 is 2.05 bits per heavy atom. The minimum absolute atomic E-state index is 0.0192. The number of nitrogens with one attached hydrogen (secondary N) is 1. The van der Waals surface area contributed by atoms with Gasteiger partial charge in [0.2, 0.25) is 11.8 Å². The van der Waals surface area contributed by atoms with Crippen molar-refractivity contribution in [2.75, 3.05) is 39.2 Å². The highest BCUT2D eigenvalue weighted by Crippen LogP contribution is 2.34. The fourth-order valence-corrected chi connectivity index (χ4v) is 5.77. The lowest BCUT2D eigenvalue weighted by Gasteiger charge is -2.33. The quantitative estimate of drug-likeness (QED) is 0.326. The maximum atomic E-state index is 14.0. The predicted molar refractivity (Wildman–Crippen MR) is 157 cm³/mol. The zero-order valence-corrected chi connectivity index (χ0v) is 25.0. The van der Waals surface area contributed by atoms with Crippen LogP contribution >= 0.6 is 0 Å². The second-order valence-electron chi connectivity index (χ2n) is 9.27. The first-order chi connectivity index (χ1) is 19.6. The number of nitrogens with zero attached hydrogens (tertiary/aromatic N) is 2. The number of methoxy groups -OCH3 is 3.